The number of hydrogen-bond acceptors (Lipinski definition) is 13. The van der Waals surface area contributed by atoms with Crippen molar-refractivity contribution in [3.8, 4) is 0 Å². The topological polar surface area (TPSA) is 201 Å². The molecule has 0 aromatic carbocycles. The van der Waals surface area contributed by atoms with Gasteiger partial charge in [-0.25, -0.2) is 28.8 Å². The Balaban J connectivity index is 2.28. The minimum atomic E-state index is -3.59. The van der Waals surface area contributed by atoms with Gasteiger partial charge in [0.15, 0.2) is 0 Å². The largest absolute Gasteiger partial charge is 0.425 e. The average Bonchev–Trinajstić information content (AvgIpc) is 3.01. The Hall–Kier alpha value is -4.49. The minimum absolute atomic E-state index is 0.506. The molecule has 3 aliphatic rings. The summed E-state index contributed by atoms with van der Waals surface area (Å²) in [5.41, 5.74) is 5.25. The van der Waals surface area contributed by atoms with Crippen LogP contribution < -0.4 is 5.73 Å². The van der Waals surface area contributed by atoms with E-state index in [1.807, 2.05) is 0 Å². The molecule has 14 heteroatoms. The third-order valence-electron chi connectivity index (χ3n) is 3.60. The van der Waals surface area contributed by atoms with Crippen molar-refractivity contribution in [1.29, 1.82) is 0 Å². The van der Waals surface area contributed by atoms with Crippen LogP contribution in [-0.2, 0) is 62.0 Å². The summed E-state index contributed by atoms with van der Waals surface area (Å²) < 4.78 is 28.8. The summed E-state index contributed by atoms with van der Waals surface area (Å²) in [6, 6.07) is 0. The van der Waals surface area contributed by atoms with Gasteiger partial charge < -0.3 is 34.2 Å². The quantitative estimate of drug-likeness (QED) is 0.359. The van der Waals surface area contributed by atoms with Gasteiger partial charge in [0, 0.05) is 36.5 Å². The van der Waals surface area contributed by atoms with Crippen LogP contribution in [0.5, 0.6) is 0 Å². The van der Waals surface area contributed by atoms with Crippen LogP contribution in [-0.4, -0.2) is 59.6 Å². The van der Waals surface area contributed by atoms with Crippen LogP contribution in [0.4, 0.5) is 0 Å². The molecule has 30 heavy (non-hydrogen) atoms. The summed E-state index contributed by atoms with van der Waals surface area (Å²) in [4.78, 5) is 84.3. The number of cyclic esters (lactones) is 6. The van der Waals surface area contributed by atoms with Gasteiger partial charge in [-0.3, -0.25) is 4.79 Å². The van der Waals surface area contributed by atoms with Crippen LogP contribution in [0.3, 0.4) is 0 Å². The van der Waals surface area contributed by atoms with Crippen molar-refractivity contribution in [2.24, 2.45) is 5.73 Å². The number of nitrogens with two attached hydrogens (primary N) is 1. The molecule has 0 aromatic rings. The molecule has 0 atom stereocenters. The number of hydrogen-bond donors (Lipinski definition) is 1. The summed E-state index contributed by atoms with van der Waals surface area (Å²) in [7, 11) is 0. The van der Waals surface area contributed by atoms with Crippen LogP contribution in [0, 0.1) is 0 Å². The fraction of sp³-hybridized carbons (Fsp3) is 0.188. The van der Waals surface area contributed by atoms with E-state index in [2.05, 4.69) is 0 Å². The number of amides is 1. The van der Waals surface area contributed by atoms with Crippen molar-refractivity contribution in [3.63, 3.8) is 0 Å². The Kier molecular flexibility index (Phi) is 4.83. The van der Waals surface area contributed by atoms with Crippen LogP contribution >= 0.6 is 0 Å². The third kappa shape index (κ3) is 3.36. The van der Waals surface area contributed by atoms with E-state index < -0.39 is 59.6 Å². The lowest BCUT2D eigenvalue weighted by atomic mass is 10.0. The average molecular weight is 423 g/mol. The standard InChI is InChI=1S/C16H9NO13/c17-13(24)15(27-9(20)3-4-10(21)28-15)16(29-11(22)5-6-12(23)30-16)14-25-7(18)1-2-8(19)26-14/h1-6,14H,(H2,17,24). The maximum atomic E-state index is 12.4. The van der Waals surface area contributed by atoms with Crippen molar-refractivity contribution >= 4 is 41.7 Å². The molecule has 0 saturated carbocycles. The van der Waals surface area contributed by atoms with Gasteiger partial charge in [-0.05, 0) is 0 Å². The molecule has 3 aliphatic heterocycles. The van der Waals surface area contributed by atoms with Gasteiger partial charge >= 0.3 is 59.6 Å². The van der Waals surface area contributed by atoms with Gasteiger partial charge in [0.25, 0.3) is 0 Å². The molecule has 0 aromatic heterocycles. The van der Waals surface area contributed by atoms with Crippen molar-refractivity contribution in [2.45, 2.75) is 17.9 Å². The summed E-state index contributed by atoms with van der Waals surface area (Å²) >= 11 is 0. The maximum Gasteiger partial charge on any atom is 0.425 e. The van der Waals surface area contributed by atoms with Gasteiger partial charge in [0.2, 0.25) is 0 Å². The van der Waals surface area contributed by atoms with E-state index in [-0.39, 0.29) is 0 Å². The highest BCUT2D eigenvalue weighted by atomic mass is 16.9. The Morgan fingerprint density at radius 1 is 0.633 bits per heavy atom. The van der Waals surface area contributed by atoms with E-state index in [1.165, 1.54) is 0 Å². The Morgan fingerprint density at radius 2 is 0.967 bits per heavy atom. The number of rotatable bonds is 3. The van der Waals surface area contributed by atoms with E-state index >= 15 is 0 Å². The van der Waals surface area contributed by atoms with Crippen LogP contribution in [0.1, 0.15) is 0 Å². The summed E-state index contributed by atoms with van der Waals surface area (Å²) in [5.74, 6) is -17.4. The van der Waals surface area contributed by atoms with Crippen molar-refractivity contribution < 1.29 is 62.0 Å². The van der Waals surface area contributed by atoms with E-state index in [1.54, 1.807) is 0 Å². The highest BCUT2D eigenvalue weighted by molar-refractivity contribution is 6.00. The Bertz CT molecular complexity index is 912. The SMILES string of the molecule is NC(=O)C1(C2(C3OC(=O)C=CC(=O)O3)OC(=O)C=CC(=O)O2)OC(=O)C=CC(=O)O1. The fourth-order valence-corrected chi connectivity index (χ4v) is 2.44. The Morgan fingerprint density at radius 3 is 1.33 bits per heavy atom. The lowest BCUT2D eigenvalue weighted by Gasteiger charge is -2.43. The maximum absolute atomic E-state index is 12.4. The van der Waals surface area contributed by atoms with E-state index in [0.717, 1.165) is 0 Å². The lowest BCUT2D eigenvalue weighted by molar-refractivity contribution is -0.392. The number of esters is 6. The molecular weight excluding hydrogens is 414 g/mol. The second kappa shape index (κ2) is 7.16. The first-order valence-electron chi connectivity index (χ1n) is 7.75. The van der Waals surface area contributed by atoms with Crippen LogP contribution in [0.25, 0.3) is 0 Å². The third-order valence-corrected chi connectivity index (χ3v) is 3.60. The molecule has 0 fully saturated rings. The number of primary amides is 1. The van der Waals surface area contributed by atoms with Gasteiger partial charge in [-0.1, -0.05) is 0 Å². The molecule has 3 rings (SSSR count). The molecule has 0 bridgehead atoms. The van der Waals surface area contributed by atoms with Crippen molar-refractivity contribution in [2.75, 3.05) is 0 Å². The molecule has 3 heterocycles. The molecule has 14 nitrogen and oxygen atoms in total. The molecule has 156 valence electrons. The first-order chi connectivity index (χ1) is 14.1. The number of carbonyl (C=O) groups is 7. The Labute approximate surface area is 164 Å². The zero-order chi connectivity index (χ0) is 22.1. The molecule has 1 amide bonds. The first kappa shape index (κ1) is 20.2. The second-order valence-electron chi connectivity index (χ2n) is 5.54. The van der Waals surface area contributed by atoms with Crippen molar-refractivity contribution in [3.05, 3.63) is 36.5 Å². The molecule has 0 aliphatic carbocycles. The highest BCUT2D eigenvalue weighted by Gasteiger charge is 2.77. The van der Waals surface area contributed by atoms with E-state index in [0.29, 0.717) is 36.5 Å². The lowest BCUT2D eigenvalue weighted by Crippen LogP contribution is -2.74. The van der Waals surface area contributed by atoms with Crippen LogP contribution in [0.2, 0.25) is 0 Å². The monoisotopic (exact) mass is 423 g/mol. The summed E-state index contributed by atoms with van der Waals surface area (Å²) in [5, 5.41) is 0. The van der Waals surface area contributed by atoms with Gasteiger partial charge in [-0.15, -0.1) is 0 Å². The molecule has 0 saturated heterocycles. The van der Waals surface area contributed by atoms with Crippen molar-refractivity contribution in [1.82, 2.24) is 0 Å². The van der Waals surface area contributed by atoms with Gasteiger partial charge in [-0.2, -0.15) is 0 Å². The van der Waals surface area contributed by atoms with Gasteiger partial charge in [0.1, 0.15) is 0 Å². The first-order valence-corrected chi connectivity index (χ1v) is 7.75. The summed E-state index contributed by atoms with van der Waals surface area (Å²) in [6.45, 7) is 0. The zero-order valence-corrected chi connectivity index (χ0v) is 14.4. The second-order valence-corrected chi connectivity index (χ2v) is 5.54. The molecule has 2 N–H and O–H groups in total. The smallest absolute Gasteiger partial charge is 0.413 e. The zero-order valence-electron chi connectivity index (χ0n) is 14.4. The van der Waals surface area contributed by atoms with E-state index in [9.17, 15) is 33.6 Å². The molecular formula is C16H9NO13. The fourth-order valence-electron chi connectivity index (χ4n) is 2.44. The minimum Gasteiger partial charge on any atom is -0.413 e. The number of carbonyl (C=O) groups excluding carboxylic acids is 7. The highest BCUT2D eigenvalue weighted by Crippen LogP contribution is 2.41. The molecule has 0 radical (unpaired) electrons. The predicted molar refractivity (Wildman–Crippen MR) is 82.4 cm³/mol. The molecule has 0 spiro atoms. The number of ether oxygens (including phenoxy) is 6. The van der Waals surface area contributed by atoms with Crippen LogP contribution in [0.15, 0.2) is 36.5 Å². The summed E-state index contributed by atoms with van der Waals surface area (Å²) in [6.07, 6.45) is 0.576. The normalized spacial score (nSPS) is 22.9. The van der Waals surface area contributed by atoms with E-state index in [4.69, 9.17) is 34.2 Å². The van der Waals surface area contributed by atoms with Gasteiger partial charge in [0.05, 0.1) is 0 Å². The molecule has 0 unspecified atom stereocenters. The predicted octanol–water partition coefficient (Wildman–Crippen LogP) is -2.84.